The van der Waals surface area contributed by atoms with Crippen molar-refractivity contribution in [3.8, 4) is 0 Å². The summed E-state index contributed by atoms with van der Waals surface area (Å²) in [5.41, 5.74) is 0. The van der Waals surface area contributed by atoms with Gasteiger partial charge in [0.05, 0.1) is 0 Å². The first-order chi connectivity index (χ1) is 6.50. The second-order valence-corrected chi connectivity index (χ2v) is 4.60. The zero-order valence-corrected chi connectivity index (χ0v) is 9.19. The lowest BCUT2D eigenvalue weighted by Gasteiger charge is -2.05. The SMILES string of the molecule is C1CCCC1.C1CCCCCCC1. The fourth-order valence-electron chi connectivity index (χ4n) is 2.30. The van der Waals surface area contributed by atoms with Crippen LogP contribution in [0.15, 0.2) is 0 Å². The summed E-state index contributed by atoms with van der Waals surface area (Å²) in [6.07, 6.45) is 19.5. The third-order valence-electron chi connectivity index (χ3n) is 3.25. The molecule has 0 bridgehead atoms. The summed E-state index contributed by atoms with van der Waals surface area (Å²) in [6, 6.07) is 0. The van der Waals surface area contributed by atoms with Gasteiger partial charge in [-0.1, -0.05) is 83.5 Å². The molecule has 0 unspecified atom stereocenters. The monoisotopic (exact) mass is 182 g/mol. The number of hydrogen-bond acceptors (Lipinski definition) is 0. The van der Waals surface area contributed by atoms with E-state index in [4.69, 9.17) is 0 Å². The molecule has 2 fully saturated rings. The third kappa shape index (κ3) is 7.10. The van der Waals surface area contributed by atoms with Crippen molar-refractivity contribution in [2.45, 2.75) is 83.5 Å². The molecular weight excluding hydrogens is 156 g/mol. The van der Waals surface area contributed by atoms with E-state index in [0.29, 0.717) is 0 Å². The maximum atomic E-state index is 1.50. The molecule has 0 heteroatoms. The molecule has 0 amide bonds. The zero-order chi connectivity index (χ0) is 9.19. The van der Waals surface area contributed by atoms with Gasteiger partial charge in [0, 0.05) is 0 Å². The smallest absolute Gasteiger partial charge is 0.0533 e. The van der Waals surface area contributed by atoms with Crippen LogP contribution in [0.4, 0.5) is 0 Å². The van der Waals surface area contributed by atoms with Gasteiger partial charge in [-0.15, -0.1) is 0 Å². The van der Waals surface area contributed by atoms with Gasteiger partial charge in [-0.3, -0.25) is 0 Å². The lowest BCUT2D eigenvalue weighted by molar-refractivity contribution is 0.504. The Kier molecular flexibility index (Phi) is 7.32. The minimum Gasteiger partial charge on any atom is -0.0533 e. The van der Waals surface area contributed by atoms with Crippen LogP contribution >= 0.6 is 0 Å². The van der Waals surface area contributed by atoms with E-state index in [1.54, 1.807) is 0 Å². The van der Waals surface area contributed by atoms with Gasteiger partial charge >= 0.3 is 0 Å². The highest BCUT2D eigenvalue weighted by atomic mass is 14.0. The topological polar surface area (TPSA) is 0 Å². The second kappa shape index (κ2) is 8.59. The summed E-state index contributed by atoms with van der Waals surface area (Å²) in [5, 5.41) is 0. The van der Waals surface area contributed by atoms with Gasteiger partial charge in [0.1, 0.15) is 0 Å². The Morgan fingerprint density at radius 3 is 0.308 bits per heavy atom. The maximum Gasteiger partial charge on any atom is -0.0533 e. The van der Waals surface area contributed by atoms with Crippen molar-refractivity contribution in [2.24, 2.45) is 0 Å². The van der Waals surface area contributed by atoms with Gasteiger partial charge in [-0.2, -0.15) is 0 Å². The summed E-state index contributed by atoms with van der Waals surface area (Å²) >= 11 is 0. The van der Waals surface area contributed by atoms with Gasteiger partial charge < -0.3 is 0 Å². The first-order valence-corrected chi connectivity index (χ1v) is 6.50. The molecule has 0 nitrogen and oxygen atoms in total. The van der Waals surface area contributed by atoms with Gasteiger partial charge in [-0.05, 0) is 0 Å². The van der Waals surface area contributed by atoms with E-state index < -0.39 is 0 Å². The van der Waals surface area contributed by atoms with E-state index in [-0.39, 0.29) is 0 Å². The molecule has 0 atom stereocenters. The molecule has 2 saturated carbocycles. The summed E-state index contributed by atoms with van der Waals surface area (Å²) in [6.45, 7) is 0. The van der Waals surface area contributed by atoms with Crippen molar-refractivity contribution in [3.63, 3.8) is 0 Å². The molecule has 78 valence electrons. The standard InChI is InChI=1S/C8H16.C5H10/c1-2-4-6-8-7-5-3-1;1-2-4-5-3-1/h1-8H2;1-5H2. The molecule has 0 saturated heterocycles. The average Bonchev–Trinajstić information content (AvgIpc) is 2.58. The fraction of sp³-hybridized carbons (Fsp3) is 1.00. The molecule has 0 heterocycles. The minimum atomic E-state index is 1.50. The molecule has 0 aromatic carbocycles. The van der Waals surface area contributed by atoms with E-state index in [1.807, 2.05) is 0 Å². The van der Waals surface area contributed by atoms with E-state index >= 15 is 0 Å². The fourth-order valence-corrected chi connectivity index (χ4v) is 2.30. The Hall–Kier alpha value is 0. The van der Waals surface area contributed by atoms with Crippen LogP contribution in [0, 0.1) is 0 Å². The number of rotatable bonds is 0. The van der Waals surface area contributed by atoms with Gasteiger partial charge in [0.15, 0.2) is 0 Å². The Morgan fingerprint density at radius 2 is 0.231 bits per heavy atom. The van der Waals surface area contributed by atoms with E-state index in [0.717, 1.165) is 0 Å². The molecule has 0 spiro atoms. The molecule has 0 aromatic heterocycles. The predicted molar refractivity (Wildman–Crippen MR) is 60.0 cm³/mol. The predicted octanol–water partition coefficient (Wildman–Crippen LogP) is 5.07. The molecular formula is C13H26. The minimum absolute atomic E-state index is 1.50. The third-order valence-corrected chi connectivity index (χ3v) is 3.25. The summed E-state index contributed by atoms with van der Waals surface area (Å²) in [7, 11) is 0. The van der Waals surface area contributed by atoms with E-state index in [9.17, 15) is 0 Å². The molecule has 0 aromatic rings. The molecule has 2 aliphatic rings. The highest BCUT2D eigenvalue weighted by Crippen LogP contribution is 2.15. The van der Waals surface area contributed by atoms with Crippen LogP contribution in [0.1, 0.15) is 83.5 Å². The molecule has 0 N–H and O–H groups in total. The van der Waals surface area contributed by atoms with Crippen LogP contribution in [-0.2, 0) is 0 Å². The Morgan fingerprint density at radius 1 is 0.154 bits per heavy atom. The molecule has 0 aliphatic heterocycles. The van der Waals surface area contributed by atoms with Crippen molar-refractivity contribution in [2.75, 3.05) is 0 Å². The van der Waals surface area contributed by atoms with E-state index in [1.165, 1.54) is 83.5 Å². The van der Waals surface area contributed by atoms with Crippen LogP contribution in [0.2, 0.25) is 0 Å². The summed E-state index contributed by atoms with van der Waals surface area (Å²) < 4.78 is 0. The normalized spacial score (nSPS) is 24.0. The Labute approximate surface area is 84.1 Å². The Balaban J connectivity index is 0.000000145. The lowest BCUT2D eigenvalue weighted by atomic mass is 10.0. The van der Waals surface area contributed by atoms with Gasteiger partial charge in [0.25, 0.3) is 0 Å². The zero-order valence-electron chi connectivity index (χ0n) is 9.19. The van der Waals surface area contributed by atoms with Crippen molar-refractivity contribution in [1.82, 2.24) is 0 Å². The van der Waals surface area contributed by atoms with Crippen LogP contribution < -0.4 is 0 Å². The first-order valence-electron chi connectivity index (χ1n) is 6.50. The molecule has 13 heavy (non-hydrogen) atoms. The van der Waals surface area contributed by atoms with Crippen LogP contribution in [0.5, 0.6) is 0 Å². The van der Waals surface area contributed by atoms with E-state index in [2.05, 4.69) is 0 Å². The highest BCUT2D eigenvalue weighted by molar-refractivity contribution is 4.51. The second-order valence-electron chi connectivity index (χ2n) is 4.60. The quantitative estimate of drug-likeness (QED) is 0.490. The molecule has 0 radical (unpaired) electrons. The van der Waals surface area contributed by atoms with Crippen molar-refractivity contribution < 1.29 is 0 Å². The van der Waals surface area contributed by atoms with Gasteiger partial charge in [-0.25, -0.2) is 0 Å². The molecule has 2 rings (SSSR count). The van der Waals surface area contributed by atoms with Gasteiger partial charge in [0.2, 0.25) is 0 Å². The largest absolute Gasteiger partial charge is 0.0533 e. The first kappa shape index (κ1) is 11.1. The van der Waals surface area contributed by atoms with Crippen molar-refractivity contribution >= 4 is 0 Å². The highest BCUT2D eigenvalue weighted by Gasteiger charge is 1.96. The molecule has 2 aliphatic carbocycles. The Bertz CT molecular complexity index is 60.6. The van der Waals surface area contributed by atoms with Crippen LogP contribution in [0.3, 0.4) is 0 Å². The van der Waals surface area contributed by atoms with Crippen LogP contribution in [-0.4, -0.2) is 0 Å². The summed E-state index contributed by atoms with van der Waals surface area (Å²) in [5.74, 6) is 0. The van der Waals surface area contributed by atoms with Crippen molar-refractivity contribution in [3.05, 3.63) is 0 Å². The maximum absolute atomic E-state index is 1.50. The summed E-state index contributed by atoms with van der Waals surface area (Å²) in [4.78, 5) is 0. The number of hydrogen-bond donors (Lipinski definition) is 0. The van der Waals surface area contributed by atoms with Crippen molar-refractivity contribution in [1.29, 1.82) is 0 Å². The lowest BCUT2D eigenvalue weighted by Crippen LogP contribution is -1.85. The average molecular weight is 182 g/mol. The van der Waals surface area contributed by atoms with Crippen LogP contribution in [0.25, 0.3) is 0 Å².